The Balaban J connectivity index is 1.75. The number of hydrogen-bond donors (Lipinski definition) is 2. The number of amides is 1. The zero-order valence-corrected chi connectivity index (χ0v) is 13.1. The van der Waals surface area contributed by atoms with Gasteiger partial charge in [0.15, 0.2) is 5.82 Å². The van der Waals surface area contributed by atoms with E-state index in [2.05, 4.69) is 40.9 Å². The van der Waals surface area contributed by atoms with Gasteiger partial charge >= 0.3 is 0 Å². The molecule has 1 aliphatic heterocycles. The Morgan fingerprint density at radius 1 is 1.43 bits per heavy atom. The molecule has 2 fully saturated rings. The van der Waals surface area contributed by atoms with Gasteiger partial charge in [-0.25, -0.2) is 4.98 Å². The molecule has 6 heteroatoms. The SMILES string of the molecule is CC(C)(C)c1n[nH]c(CN2C[C@@H]3CCC[C@H]3[C@H]2C(N)=O)n1. The van der Waals surface area contributed by atoms with E-state index in [-0.39, 0.29) is 17.4 Å². The molecule has 21 heavy (non-hydrogen) atoms. The summed E-state index contributed by atoms with van der Waals surface area (Å²) < 4.78 is 0. The van der Waals surface area contributed by atoms with Crippen molar-refractivity contribution in [3.05, 3.63) is 11.6 Å². The van der Waals surface area contributed by atoms with Crippen LogP contribution < -0.4 is 5.73 Å². The lowest BCUT2D eigenvalue weighted by Gasteiger charge is -2.23. The van der Waals surface area contributed by atoms with E-state index in [1.807, 2.05) is 0 Å². The second-order valence-electron chi connectivity index (χ2n) is 7.49. The highest BCUT2D eigenvalue weighted by atomic mass is 16.1. The Labute approximate surface area is 125 Å². The second-order valence-corrected chi connectivity index (χ2v) is 7.49. The third kappa shape index (κ3) is 2.69. The Hall–Kier alpha value is -1.43. The summed E-state index contributed by atoms with van der Waals surface area (Å²) in [6, 6.07) is -0.138. The molecular formula is C15H25N5O. The van der Waals surface area contributed by atoms with Crippen LogP contribution in [0.1, 0.15) is 51.7 Å². The minimum absolute atomic E-state index is 0.0701. The third-order valence-electron chi connectivity index (χ3n) is 4.83. The number of rotatable bonds is 3. The number of nitrogens with one attached hydrogen (secondary N) is 1. The molecule has 116 valence electrons. The lowest BCUT2D eigenvalue weighted by molar-refractivity contribution is -0.123. The number of H-pyrrole nitrogens is 1. The molecule has 1 amide bonds. The molecule has 2 heterocycles. The maximum absolute atomic E-state index is 11.8. The quantitative estimate of drug-likeness (QED) is 0.875. The van der Waals surface area contributed by atoms with E-state index < -0.39 is 0 Å². The van der Waals surface area contributed by atoms with Crippen molar-refractivity contribution in [2.24, 2.45) is 17.6 Å². The van der Waals surface area contributed by atoms with Gasteiger partial charge in [0.25, 0.3) is 0 Å². The van der Waals surface area contributed by atoms with Gasteiger partial charge in [-0.3, -0.25) is 14.8 Å². The van der Waals surface area contributed by atoms with Crippen LogP contribution in [-0.4, -0.2) is 38.6 Å². The average molecular weight is 291 g/mol. The van der Waals surface area contributed by atoms with Gasteiger partial charge in [-0.1, -0.05) is 27.2 Å². The molecule has 6 nitrogen and oxygen atoms in total. The summed E-state index contributed by atoms with van der Waals surface area (Å²) in [5, 5.41) is 7.30. The molecule has 3 N–H and O–H groups in total. The molecule has 0 spiro atoms. The van der Waals surface area contributed by atoms with Gasteiger partial charge in [0.1, 0.15) is 5.82 Å². The summed E-state index contributed by atoms with van der Waals surface area (Å²) in [7, 11) is 0. The number of hydrogen-bond acceptors (Lipinski definition) is 4. The Bertz CT molecular complexity index is 532. The number of aromatic nitrogens is 3. The van der Waals surface area contributed by atoms with E-state index in [9.17, 15) is 4.79 Å². The lowest BCUT2D eigenvalue weighted by atomic mass is 9.94. The first-order valence-electron chi connectivity index (χ1n) is 7.81. The van der Waals surface area contributed by atoms with Crippen molar-refractivity contribution >= 4 is 5.91 Å². The van der Waals surface area contributed by atoms with Gasteiger partial charge in [-0.05, 0) is 24.7 Å². The van der Waals surface area contributed by atoms with Crippen molar-refractivity contribution in [1.29, 1.82) is 0 Å². The fraction of sp³-hybridized carbons (Fsp3) is 0.800. The van der Waals surface area contributed by atoms with Crippen molar-refractivity contribution in [2.75, 3.05) is 6.54 Å². The van der Waals surface area contributed by atoms with Gasteiger partial charge in [0.05, 0.1) is 12.6 Å². The highest BCUT2D eigenvalue weighted by Gasteiger charge is 2.46. The van der Waals surface area contributed by atoms with E-state index in [1.165, 1.54) is 12.8 Å². The molecule has 0 aromatic carbocycles. The van der Waals surface area contributed by atoms with Crippen LogP contribution in [-0.2, 0) is 16.8 Å². The van der Waals surface area contributed by atoms with Crippen LogP contribution in [0.15, 0.2) is 0 Å². The van der Waals surface area contributed by atoms with E-state index in [1.54, 1.807) is 0 Å². The maximum Gasteiger partial charge on any atom is 0.235 e. The molecule has 1 saturated heterocycles. The zero-order chi connectivity index (χ0) is 15.2. The number of carbonyl (C=O) groups excluding carboxylic acids is 1. The summed E-state index contributed by atoms with van der Waals surface area (Å²) in [5.74, 6) is 2.50. The van der Waals surface area contributed by atoms with Gasteiger partial charge < -0.3 is 5.73 Å². The monoisotopic (exact) mass is 291 g/mol. The Kier molecular flexibility index (Phi) is 3.51. The normalized spacial score (nSPS) is 29.8. The molecule has 1 aliphatic carbocycles. The Morgan fingerprint density at radius 3 is 2.81 bits per heavy atom. The molecular weight excluding hydrogens is 266 g/mol. The topological polar surface area (TPSA) is 87.9 Å². The second kappa shape index (κ2) is 5.09. The third-order valence-corrected chi connectivity index (χ3v) is 4.83. The number of fused-ring (bicyclic) bond motifs is 1. The van der Waals surface area contributed by atoms with Crippen LogP contribution in [0, 0.1) is 11.8 Å². The van der Waals surface area contributed by atoms with Crippen molar-refractivity contribution in [2.45, 2.75) is 58.0 Å². The van der Waals surface area contributed by atoms with Crippen LogP contribution in [0.3, 0.4) is 0 Å². The van der Waals surface area contributed by atoms with Crippen molar-refractivity contribution in [1.82, 2.24) is 20.1 Å². The predicted molar refractivity (Wildman–Crippen MR) is 79.3 cm³/mol. The van der Waals surface area contributed by atoms with E-state index in [4.69, 9.17) is 5.73 Å². The Morgan fingerprint density at radius 2 is 2.19 bits per heavy atom. The number of likely N-dealkylation sites (tertiary alicyclic amines) is 1. The molecule has 1 aromatic rings. The highest BCUT2D eigenvalue weighted by molar-refractivity contribution is 5.80. The van der Waals surface area contributed by atoms with Crippen LogP contribution >= 0.6 is 0 Å². The summed E-state index contributed by atoms with van der Waals surface area (Å²) in [6.45, 7) is 7.85. The van der Waals surface area contributed by atoms with E-state index in [0.29, 0.717) is 18.4 Å². The van der Waals surface area contributed by atoms with Crippen LogP contribution in [0.25, 0.3) is 0 Å². The number of nitrogens with two attached hydrogens (primary N) is 1. The van der Waals surface area contributed by atoms with Gasteiger partial charge in [0.2, 0.25) is 5.91 Å². The standard InChI is InChI=1S/C15H25N5O/c1-15(2,3)14-17-11(18-19-14)8-20-7-9-5-4-6-10(9)12(20)13(16)21/h9-10,12H,4-8H2,1-3H3,(H2,16,21)(H,17,18,19)/t9-,10+,12-/m0/s1. The maximum atomic E-state index is 11.8. The van der Waals surface area contributed by atoms with Crippen LogP contribution in [0.4, 0.5) is 0 Å². The first-order chi connectivity index (χ1) is 9.86. The van der Waals surface area contributed by atoms with Crippen molar-refractivity contribution in [3.63, 3.8) is 0 Å². The molecule has 0 unspecified atom stereocenters. The first kappa shape index (κ1) is 14.5. The lowest BCUT2D eigenvalue weighted by Crippen LogP contribution is -2.43. The van der Waals surface area contributed by atoms with Crippen molar-refractivity contribution in [3.8, 4) is 0 Å². The van der Waals surface area contributed by atoms with Gasteiger partial charge in [-0.2, -0.15) is 5.10 Å². The summed E-state index contributed by atoms with van der Waals surface area (Å²) in [6.07, 6.45) is 3.57. The summed E-state index contributed by atoms with van der Waals surface area (Å²) >= 11 is 0. The molecule has 0 bridgehead atoms. The van der Waals surface area contributed by atoms with E-state index >= 15 is 0 Å². The number of aromatic amines is 1. The van der Waals surface area contributed by atoms with Crippen LogP contribution in [0.2, 0.25) is 0 Å². The predicted octanol–water partition coefficient (Wildman–Crippen LogP) is 1.19. The first-order valence-corrected chi connectivity index (χ1v) is 7.81. The largest absolute Gasteiger partial charge is 0.368 e. The number of primary amides is 1. The summed E-state index contributed by atoms with van der Waals surface area (Å²) in [5.41, 5.74) is 5.58. The van der Waals surface area contributed by atoms with Gasteiger partial charge in [0, 0.05) is 12.0 Å². The molecule has 1 aromatic heterocycles. The molecule has 1 saturated carbocycles. The molecule has 3 rings (SSSR count). The minimum Gasteiger partial charge on any atom is -0.368 e. The fourth-order valence-corrected chi connectivity index (χ4v) is 3.84. The minimum atomic E-state index is -0.194. The molecule has 3 atom stereocenters. The highest BCUT2D eigenvalue weighted by Crippen LogP contribution is 2.42. The zero-order valence-electron chi connectivity index (χ0n) is 13.1. The van der Waals surface area contributed by atoms with Gasteiger partial charge in [-0.15, -0.1) is 0 Å². The number of carbonyl (C=O) groups is 1. The smallest absolute Gasteiger partial charge is 0.235 e. The van der Waals surface area contributed by atoms with Crippen LogP contribution in [0.5, 0.6) is 0 Å². The number of nitrogens with zero attached hydrogens (tertiary/aromatic N) is 3. The molecule has 0 radical (unpaired) electrons. The van der Waals surface area contributed by atoms with Crippen molar-refractivity contribution < 1.29 is 4.79 Å². The molecule has 2 aliphatic rings. The average Bonchev–Trinajstić information content (AvgIpc) is 3.01. The fourth-order valence-electron chi connectivity index (χ4n) is 3.84. The summed E-state index contributed by atoms with van der Waals surface area (Å²) in [4.78, 5) is 18.6. The van der Waals surface area contributed by atoms with E-state index in [0.717, 1.165) is 24.6 Å².